The zero-order valence-electron chi connectivity index (χ0n) is 10.9. The van der Waals surface area contributed by atoms with Gasteiger partial charge in [0.05, 0.1) is 25.9 Å². The van der Waals surface area contributed by atoms with Gasteiger partial charge in [-0.05, 0) is 17.7 Å². The third-order valence-corrected chi connectivity index (χ3v) is 3.61. The predicted molar refractivity (Wildman–Crippen MR) is 69.7 cm³/mol. The molecule has 0 spiro atoms. The first-order chi connectivity index (χ1) is 9.38. The Morgan fingerprint density at radius 1 is 1.05 bits per heavy atom. The van der Waals surface area contributed by atoms with E-state index in [0.29, 0.717) is 13.2 Å². The summed E-state index contributed by atoms with van der Waals surface area (Å²) in [5.41, 5.74) is 1.06. The van der Waals surface area contributed by atoms with E-state index in [0.717, 1.165) is 43.4 Å². The van der Waals surface area contributed by atoms with Gasteiger partial charge in [0.2, 0.25) is 0 Å². The van der Waals surface area contributed by atoms with Gasteiger partial charge in [0.25, 0.3) is 0 Å². The number of hydrogen-bond acceptors (Lipinski definition) is 5. The molecule has 2 aliphatic rings. The minimum Gasteiger partial charge on any atom is -0.486 e. The molecule has 19 heavy (non-hydrogen) atoms. The number of aliphatic hydroxyl groups is 1. The van der Waals surface area contributed by atoms with Gasteiger partial charge in [-0.15, -0.1) is 0 Å². The molecule has 104 valence electrons. The number of rotatable bonds is 3. The van der Waals surface area contributed by atoms with Crippen molar-refractivity contribution in [3.63, 3.8) is 0 Å². The molecule has 1 aromatic rings. The summed E-state index contributed by atoms with van der Waals surface area (Å²) >= 11 is 0. The van der Waals surface area contributed by atoms with Crippen molar-refractivity contribution in [1.29, 1.82) is 0 Å². The van der Waals surface area contributed by atoms with Gasteiger partial charge < -0.3 is 19.3 Å². The summed E-state index contributed by atoms with van der Waals surface area (Å²) in [5.74, 6) is 1.56. The normalized spacial score (nSPS) is 21.1. The molecule has 2 heterocycles. The highest BCUT2D eigenvalue weighted by molar-refractivity contribution is 5.44. The topological polar surface area (TPSA) is 51.2 Å². The fraction of sp³-hybridized carbons (Fsp3) is 0.571. The molecule has 0 amide bonds. The van der Waals surface area contributed by atoms with Gasteiger partial charge >= 0.3 is 0 Å². The summed E-state index contributed by atoms with van der Waals surface area (Å²) in [5, 5.41) is 9.68. The summed E-state index contributed by atoms with van der Waals surface area (Å²) in [6.07, 6.45) is 0. The van der Waals surface area contributed by atoms with Gasteiger partial charge in [0, 0.05) is 13.1 Å². The van der Waals surface area contributed by atoms with E-state index in [1.54, 1.807) is 0 Å². The van der Waals surface area contributed by atoms with Gasteiger partial charge in [-0.1, -0.05) is 6.07 Å². The van der Waals surface area contributed by atoms with Gasteiger partial charge in [-0.25, -0.2) is 0 Å². The third-order valence-electron chi connectivity index (χ3n) is 3.61. The number of nitrogens with zero attached hydrogens (tertiary/aromatic N) is 1. The second-order valence-electron chi connectivity index (χ2n) is 4.75. The molecule has 1 unspecified atom stereocenters. The monoisotopic (exact) mass is 265 g/mol. The zero-order chi connectivity index (χ0) is 13.1. The average Bonchev–Trinajstić information content (AvgIpc) is 2.49. The maximum atomic E-state index is 9.68. The van der Waals surface area contributed by atoms with E-state index >= 15 is 0 Å². The van der Waals surface area contributed by atoms with E-state index in [9.17, 15) is 5.11 Å². The minimum atomic E-state index is -0.000253. The highest BCUT2D eigenvalue weighted by atomic mass is 16.6. The first kappa shape index (κ1) is 12.7. The minimum absolute atomic E-state index is 0.000253. The van der Waals surface area contributed by atoms with E-state index in [1.807, 2.05) is 18.2 Å². The van der Waals surface area contributed by atoms with Crippen LogP contribution >= 0.6 is 0 Å². The van der Waals surface area contributed by atoms with Crippen LogP contribution in [-0.4, -0.2) is 56.1 Å². The first-order valence-electron chi connectivity index (χ1n) is 6.70. The van der Waals surface area contributed by atoms with Crippen molar-refractivity contribution >= 4 is 0 Å². The van der Waals surface area contributed by atoms with Crippen LogP contribution in [0.25, 0.3) is 0 Å². The molecule has 1 atom stereocenters. The van der Waals surface area contributed by atoms with Crippen LogP contribution in [-0.2, 0) is 4.74 Å². The Hall–Kier alpha value is -1.30. The Morgan fingerprint density at radius 3 is 2.53 bits per heavy atom. The molecule has 0 bridgehead atoms. The molecule has 0 aromatic heterocycles. The second kappa shape index (κ2) is 5.77. The second-order valence-corrected chi connectivity index (χ2v) is 4.75. The predicted octanol–water partition coefficient (Wildman–Crippen LogP) is 0.823. The van der Waals surface area contributed by atoms with Crippen LogP contribution in [0.5, 0.6) is 11.5 Å². The number of fused-ring (bicyclic) bond motifs is 1. The maximum Gasteiger partial charge on any atom is 0.161 e. The molecule has 3 rings (SSSR count). The van der Waals surface area contributed by atoms with Crippen molar-refractivity contribution in [2.24, 2.45) is 0 Å². The molecular weight excluding hydrogens is 246 g/mol. The smallest absolute Gasteiger partial charge is 0.161 e. The Balaban J connectivity index is 1.82. The molecule has 5 heteroatoms. The highest BCUT2D eigenvalue weighted by Gasteiger charge is 2.23. The van der Waals surface area contributed by atoms with Crippen LogP contribution < -0.4 is 9.47 Å². The SMILES string of the molecule is OCC(c1ccc2c(c1)OCCO2)N1CCOCC1. The van der Waals surface area contributed by atoms with E-state index in [2.05, 4.69) is 4.90 Å². The van der Waals surface area contributed by atoms with Gasteiger partial charge in [-0.3, -0.25) is 4.90 Å². The Bertz CT molecular complexity index is 431. The van der Waals surface area contributed by atoms with Gasteiger partial charge in [0.15, 0.2) is 11.5 Å². The number of hydrogen-bond donors (Lipinski definition) is 1. The molecule has 0 aliphatic carbocycles. The van der Waals surface area contributed by atoms with Crippen molar-refractivity contribution in [2.75, 3.05) is 46.1 Å². The highest BCUT2D eigenvalue weighted by Crippen LogP contribution is 2.34. The summed E-state index contributed by atoms with van der Waals surface area (Å²) in [4.78, 5) is 2.24. The van der Waals surface area contributed by atoms with Crippen molar-refractivity contribution in [3.8, 4) is 11.5 Å². The molecule has 2 aliphatic heterocycles. The van der Waals surface area contributed by atoms with Crippen LogP contribution in [0, 0.1) is 0 Å². The fourth-order valence-electron chi connectivity index (χ4n) is 2.59. The number of aliphatic hydroxyl groups excluding tert-OH is 1. The van der Waals surface area contributed by atoms with Crippen molar-refractivity contribution in [1.82, 2.24) is 4.90 Å². The lowest BCUT2D eigenvalue weighted by atomic mass is 10.0. The van der Waals surface area contributed by atoms with Crippen LogP contribution in [0.4, 0.5) is 0 Å². The molecule has 0 radical (unpaired) electrons. The van der Waals surface area contributed by atoms with Crippen molar-refractivity contribution in [2.45, 2.75) is 6.04 Å². The fourth-order valence-corrected chi connectivity index (χ4v) is 2.59. The van der Waals surface area contributed by atoms with Crippen molar-refractivity contribution < 1.29 is 19.3 Å². The van der Waals surface area contributed by atoms with Crippen molar-refractivity contribution in [3.05, 3.63) is 23.8 Å². The van der Waals surface area contributed by atoms with E-state index in [1.165, 1.54) is 0 Å². The Kier molecular flexibility index (Phi) is 3.87. The molecular formula is C14H19NO4. The van der Waals surface area contributed by atoms with E-state index in [-0.39, 0.29) is 12.6 Å². The molecule has 1 fully saturated rings. The number of benzene rings is 1. The van der Waals surface area contributed by atoms with Crippen LogP contribution in [0.3, 0.4) is 0 Å². The molecule has 1 aromatic carbocycles. The maximum absolute atomic E-state index is 9.68. The quantitative estimate of drug-likeness (QED) is 0.877. The largest absolute Gasteiger partial charge is 0.486 e. The Morgan fingerprint density at radius 2 is 1.79 bits per heavy atom. The lowest BCUT2D eigenvalue weighted by Gasteiger charge is -2.34. The number of morpholine rings is 1. The van der Waals surface area contributed by atoms with Crippen LogP contribution in [0.15, 0.2) is 18.2 Å². The standard InChI is InChI=1S/C14H19NO4/c16-10-12(15-3-5-17-6-4-15)11-1-2-13-14(9-11)19-8-7-18-13/h1-2,9,12,16H,3-8,10H2. The molecule has 1 N–H and O–H groups in total. The average molecular weight is 265 g/mol. The molecule has 0 saturated carbocycles. The third kappa shape index (κ3) is 2.68. The van der Waals surface area contributed by atoms with Crippen LogP contribution in [0.2, 0.25) is 0 Å². The number of ether oxygens (including phenoxy) is 3. The summed E-state index contributed by atoms with van der Waals surface area (Å²) in [6.45, 7) is 4.41. The summed E-state index contributed by atoms with van der Waals surface area (Å²) in [6, 6.07) is 5.90. The lowest BCUT2D eigenvalue weighted by Crippen LogP contribution is -2.40. The van der Waals surface area contributed by atoms with E-state index < -0.39 is 0 Å². The Labute approximate surface area is 112 Å². The van der Waals surface area contributed by atoms with Crippen LogP contribution in [0.1, 0.15) is 11.6 Å². The first-order valence-corrected chi connectivity index (χ1v) is 6.70. The lowest BCUT2D eigenvalue weighted by molar-refractivity contribution is 0.00249. The summed E-state index contributed by atoms with van der Waals surface area (Å²) in [7, 11) is 0. The molecule has 5 nitrogen and oxygen atoms in total. The van der Waals surface area contributed by atoms with Gasteiger partial charge in [0.1, 0.15) is 13.2 Å². The van der Waals surface area contributed by atoms with E-state index in [4.69, 9.17) is 14.2 Å². The zero-order valence-corrected chi connectivity index (χ0v) is 10.9. The summed E-state index contributed by atoms with van der Waals surface area (Å²) < 4.78 is 16.5. The van der Waals surface area contributed by atoms with Gasteiger partial charge in [-0.2, -0.15) is 0 Å². The molecule has 1 saturated heterocycles.